The Kier molecular flexibility index (Phi) is 4.09. The summed E-state index contributed by atoms with van der Waals surface area (Å²) in [5.41, 5.74) is 0.610. The first-order chi connectivity index (χ1) is 8.81. The molecular weight excluding hydrogens is 230 g/mol. The Labute approximate surface area is 105 Å². The molecule has 5 heteroatoms. The maximum Gasteiger partial charge on any atom is 0.163 e. The lowest BCUT2D eigenvalue weighted by atomic mass is 10.2. The summed E-state index contributed by atoms with van der Waals surface area (Å²) in [5, 5.41) is 12.7. The Morgan fingerprint density at radius 3 is 2.61 bits per heavy atom. The number of phenols is 1. The van der Waals surface area contributed by atoms with Gasteiger partial charge in [-0.3, -0.25) is 0 Å². The molecule has 0 spiro atoms. The van der Waals surface area contributed by atoms with Crippen LogP contribution in [0.3, 0.4) is 0 Å². The molecule has 2 aromatic rings. The minimum atomic E-state index is 0.168. The highest BCUT2D eigenvalue weighted by molar-refractivity contribution is 5.63. The lowest BCUT2D eigenvalue weighted by Crippen LogP contribution is -2.16. The van der Waals surface area contributed by atoms with E-state index in [0.717, 1.165) is 6.54 Å². The van der Waals surface area contributed by atoms with E-state index in [4.69, 9.17) is 4.74 Å². The quantitative estimate of drug-likeness (QED) is 0.780. The van der Waals surface area contributed by atoms with Crippen molar-refractivity contribution in [2.24, 2.45) is 0 Å². The van der Waals surface area contributed by atoms with Gasteiger partial charge in [-0.05, 0) is 19.2 Å². The Hall–Kier alpha value is -2.14. The Morgan fingerprint density at radius 2 is 1.94 bits per heavy atom. The van der Waals surface area contributed by atoms with Gasteiger partial charge in [-0.15, -0.1) is 0 Å². The smallest absolute Gasteiger partial charge is 0.163 e. The summed E-state index contributed by atoms with van der Waals surface area (Å²) in [5.74, 6) is 1.26. The predicted molar refractivity (Wildman–Crippen MR) is 68.6 cm³/mol. The molecule has 18 heavy (non-hydrogen) atoms. The van der Waals surface area contributed by atoms with Crippen LogP contribution in [0, 0.1) is 0 Å². The number of hydrogen-bond acceptors (Lipinski definition) is 5. The number of aromatic nitrogens is 2. The molecule has 0 radical (unpaired) electrons. The average Bonchev–Trinajstić information content (AvgIpc) is 2.41. The molecule has 1 aromatic heterocycles. The lowest BCUT2D eigenvalue weighted by Gasteiger charge is -2.06. The molecule has 0 bridgehead atoms. The zero-order valence-corrected chi connectivity index (χ0v) is 10.1. The molecule has 0 fully saturated rings. The Morgan fingerprint density at radius 1 is 1.22 bits per heavy atom. The molecule has 1 heterocycles. The van der Waals surface area contributed by atoms with Crippen LogP contribution < -0.4 is 10.1 Å². The van der Waals surface area contributed by atoms with Gasteiger partial charge in [0.25, 0.3) is 0 Å². The molecule has 0 unspecified atom stereocenters. The topological polar surface area (TPSA) is 67.3 Å². The van der Waals surface area contributed by atoms with Crippen LogP contribution in [-0.2, 0) is 0 Å². The highest BCUT2D eigenvalue weighted by Gasteiger charge is 2.06. The summed E-state index contributed by atoms with van der Waals surface area (Å²) in [4.78, 5) is 8.34. The van der Waals surface area contributed by atoms with Gasteiger partial charge in [0.1, 0.15) is 12.4 Å². The monoisotopic (exact) mass is 245 g/mol. The van der Waals surface area contributed by atoms with Gasteiger partial charge < -0.3 is 15.2 Å². The van der Waals surface area contributed by atoms with Crippen LogP contribution in [0.5, 0.6) is 11.5 Å². The second-order valence-corrected chi connectivity index (χ2v) is 3.71. The fraction of sp³-hybridized carbons (Fsp3) is 0.231. The molecule has 0 aliphatic heterocycles. The third kappa shape index (κ3) is 2.95. The Bertz CT molecular complexity index is 500. The molecule has 0 amide bonds. The summed E-state index contributed by atoms with van der Waals surface area (Å²) < 4.78 is 5.42. The van der Waals surface area contributed by atoms with Gasteiger partial charge in [-0.25, -0.2) is 9.97 Å². The number of rotatable bonds is 5. The molecular formula is C13H15N3O2. The summed E-state index contributed by atoms with van der Waals surface area (Å²) in [7, 11) is 1.86. The molecule has 0 atom stereocenters. The number of benzene rings is 1. The minimum absolute atomic E-state index is 0.168. The molecule has 0 saturated heterocycles. The molecule has 94 valence electrons. The largest absolute Gasteiger partial charge is 0.507 e. The molecule has 5 nitrogen and oxygen atoms in total. The highest BCUT2D eigenvalue weighted by atomic mass is 16.5. The van der Waals surface area contributed by atoms with E-state index in [-0.39, 0.29) is 5.75 Å². The van der Waals surface area contributed by atoms with E-state index in [1.807, 2.05) is 13.1 Å². The van der Waals surface area contributed by atoms with Crippen molar-refractivity contribution in [1.29, 1.82) is 0 Å². The molecule has 0 aliphatic carbocycles. The Balaban J connectivity index is 2.10. The number of para-hydroxylation sites is 1. The summed E-state index contributed by atoms with van der Waals surface area (Å²) in [6.45, 7) is 1.33. The van der Waals surface area contributed by atoms with E-state index < -0.39 is 0 Å². The summed E-state index contributed by atoms with van der Waals surface area (Å²) in [6.07, 6.45) is 3.20. The average molecular weight is 245 g/mol. The van der Waals surface area contributed by atoms with Gasteiger partial charge in [-0.1, -0.05) is 12.1 Å². The van der Waals surface area contributed by atoms with Crippen LogP contribution in [0.1, 0.15) is 0 Å². The van der Waals surface area contributed by atoms with Crippen LogP contribution in [-0.4, -0.2) is 35.3 Å². The fourth-order valence-corrected chi connectivity index (χ4v) is 1.46. The number of likely N-dealkylation sites (N-methyl/N-ethyl adjacent to an activating group) is 1. The van der Waals surface area contributed by atoms with Crippen LogP contribution in [0.25, 0.3) is 11.4 Å². The zero-order chi connectivity index (χ0) is 12.8. The van der Waals surface area contributed by atoms with Crippen molar-refractivity contribution in [3.63, 3.8) is 0 Å². The van der Waals surface area contributed by atoms with Crippen LogP contribution in [0.2, 0.25) is 0 Å². The van der Waals surface area contributed by atoms with E-state index >= 15 is 0 Å². The number of nitrogens with zero attached hydrogens (tertiary/aromatic N) is 2. The summed E-state index contributed by atoms with van der Waals surface area (Å²) >= 11 is 0. The van der Waals surface area contributed by atoms with E-state index in [1.165, 1.54) is 0 Å². The third-order valence-electron chi connectivity index (χ3n) is 2.39. The van der Waals surface area contributed by atoms with Crippen LogP contribution >= 0.6 is 0 Å². The van der Waals surface area contributed by atoms with E-state index in [2.05, 4.69) is 15.3 Å². The number of ether oxygens (including phenoxy) is 1. The van der Waals surface area contributed by atoms with Crippen molar-refractivity contribution in [2.75, 3.05) is 20.2 Å². The van der Waals surface area contributed by atoms with E-state index in [1.54, 1.807) is 30.6 Å². The first-order valence-electron chi connectivity index (χ1n) is 5.69. The van der Waals surface area contributed by atoms with Gasteiger partial charge in [0, 0.05) is 6.54 Å². The van der Waals surface area contributed by atoms with Gasteiger partial charge in [0.2, 0.25) is 0 Å². The predicted octanol–water partition coefficient (Wildman–Crippen LogP) is 1.45. The standard InChI is InChI=1S/C13H15N3O2/c1-14-6-7-18-10-8-15-13(16-9-10)11-4-2-3-5-12(11)17/h2-5,8-9,14,17H,6-7H2,1H3. The normalized spacial score (nSPS) is 10.3. The van der Waals surface area contributed by atoms with Crippen molar-refractivity contribution in [3.8, 4) is 22.9 Å². The fourth-order valence-electron chi connectivity index (χ4n) is 1.46. The number of hydrogen-bond donors (Lipinski definition) is 2. The van der Waals surface area contributed by atoms with Crippen molar-refractivity contribution < 1.29 is 9.84 Å². The molecule has 2 N–H and O–H groups in total. The lowest BCUT2D eigenvalue weighted by molar-refractivity contribution is 0.316. The van der Waals surface area contributed by atoms with Gasteiger partial charge in [-0.2, -0.15) is 0 Å². The van der Waals surface area contributed by atoms with Crippen molar-refractivity contribution >= 4 is 0 Å². The molecule has 0 aliphatic rings. The van der Waals surface area contributed by atoms with Crippen molar-refractivity contribution in [2.45, 2.75) is 0 Å². The first kappa shape index (κ1) is 12.3. The number of phenolic OH excluding ortho intramolecular Hbond substituents is 1. The van der Waals surface area contributed by atoms with E-state index in [0.29, 0.717) is 23.7 Å². The molecule has 2 rings (SSSR count). The second-order valence-electron chi connectivity index (χ2n) is 3.71. The van der Waals surface area contributed by atoms with E-state index in [9.17, 15) is 5.11 Å². The van der Waals surface area contributed by atoms with Gasteiger partial charge in [0.05, 0.1) is 18.0 Å². The highest BCUT2D eigenvalue weighted by Crippen LogP contribution is 2.25. The molecule has 1 aromatic carbocycles. The third-order valence-corrected chi connectivity index (χ3v) is 2.39. The van der Waals surface area contributed by atoms with Crippen molar-refractivity contribution in [3.05, 3.63) is 36.7 Å². The second kappa shape index (κ2) is 5.97. The maximum atomic E-state index is 9.69. The van der Waals surface area contributed by atoms with Crippen molar-refractivity contribution in [1.82, 2.24) is 15.3 Å². The number of aromatic hydroxyl groups is 1. The number of nitrogens with one attached hydrogen (secondary N) is 1. The van der Waals surface area contributed by atoms with Crippen LogP contribution in [0.4, 0.5) is 0 Å². The van der Waals surface area contributed by atoms with Gasteiger partial charge in [0.15, 0.2) is 11.6 Å². The van der Waals surface area contributed by atoms with Gasteiger partial charge >= 0.3 is 0 Å². The van der Waals surface area contributed by atoms with Crippen LogP contribution in [0.15, 0.2) is 36.7 Å². The minimum Gasteiger partial charge on any atom is -0.507 e. The molecule has 0 saturated carbocycles. The summed E-state index contributed by atoms with van der Waals surface area (Å²) in [6, 6.07) is 6.96. The first-order valence-corrected chi connectivity index (χ1v) is 5.69. The zero-order valence-electron chi connectivity index (χ0n) is 10.1. The SMILES string of the molecule is CNCCOc1cnc(-c2ccccc2O)nc1. The maximum absolute atomic E-state index is 9.69.